The summed E-state index contributed by atoms with van der Waals surface area (Å²) in [6.07, 6.45) is 1.88. The zero-order valence-corrected chi connectivity index (χ0v) is 14.7. The number of carbonyl (C=O) groups is 1. The molecule has 128 valence electrons. The zero-order valence-electron chi connectivity index (χ0n) is 13.1. The Hall–Kier alpha value is -1.15. The topological polar surface area (TPSA) is 78.5 Å². The summed E-state index contributed by atoms with van der Waals surface area (Å²) in [5.74, 6) is -0.0324. The number of nitrogens with zero attached hydrogens (tertiary/aromatic N) is 1. The number of rotatable bonds is 7. The summed E-state index contributed by atoms with van der Waals surface area (Å²) in [6, 6.07) is 5.85. The molecule has 0 aliphatic carbocycles. The van der Waals surface area contributed by atoms with Crippen LogP contribution < -0.4 is 10.0 Å². The predicted octanol–water partition coefficient (Wildman–Crippen LogP) is 1.22. The SMILES string of the molecule is CCN1CCC[C@H]1C(=O)NCCNS(=O)(=O)c1ccc(Cl)cc1. The van der Waals surface area contributed by atoms with Crippen molar-refractivity contribution in [2.75, 3.05) is 26.2 Å². The molecule has 0 bridgehead atoms. The van der Waals surface area contributed by atoms with Crippen molar-refractivity contribution in [3.8, 4) is 0 Å². The molecule has 2 rings (SSSR count). The lowest BCUT2D eigenvalue weighted by molar-refractivity contribution is -0.125. The molecule has 2 N–H and O–H groups in total. The standard InChI is InChI=1S/C15H22ClN3O3S/c1-2-19-11-3-4-14(19)15(20)17-9-10-18-23(21,22)13-7-5-12(16)6-8-13/h5-8,14,18H,2-4,9-11H2,1H3,(H,17,20)/t14-/m0/s1. The van der Waals surface area contributed by atoms with Gasteiger partial charge in [0.15, 0.2) is 0 Å². The smallest absolute Gasteiger partial charge is 0.240 e. The van der Waals surface area contributed by atoms with Crippen molar-refractivity contribution in [2.24, 2.45) is 0 Å². The lowest BCUT2D eigenvalue weighted by Crippen LogP contribution is -2.45. The Morgan fingerprint density at radius 1 is 1.30 bits per heavy atom. The molecule has 0 saturated carbocycles. The second-order valence-corrected chi connectivity index (χ2v) is 7.63. The first-order chi connectivity index (χ1) is 10.9. The highest BCUT2D eigenvalue weighted by Gasteiger charge is 2.28. The van der Waals surface area contributed by atoms with E-state index in [1.54, 1.807) is 0 Å². The number of carbonyl (C=O) groups excluding carboxylic acids is 1. The van der Waals surface area contributed by atoms with Crippen LogP contribution in [0.2, 0.25) is 5.02 Å². The maximum atomic E-state index is 12.1. The van der Waals surface area contributed by atoms with Gasteiger partial charge in [-0.3, -0.25) is 9.69 Å². The maximum Gasteiger partial charge on any atom is 0.240 e. The molecule has 8 heteroatoms. The Labute approximate surface area is 142 Å². The van der Waals surface area contributed by atoms with Crippen molar-refractivity contribution < 1.29 is 13.2 Å². The molecule has 0 spiro atoms. The van der Waals surface area contributed by atoms with Gasteiger partial charge in [0.2, 0.25) is 15.9 Å². The molecule has 6 nitrogen and oxygen atoms in total. The second kappa shape index (κ2) is 8.10. The first-order valence-electron chi connectivity index (χ1n) is 7.71. The minimum absolute atomic E-state index is 0.0324. The third kappa shape index (κ3) is 4.91. The third-order valence-corrected chi connectivity index (χ3v) is 5.64. The molecule has 1 aromatic carbocycles. The van der Waals surface area contributed by atoms with E-state index >= 15 is 0 Å². The molecule has 1 heterocycles. The van der Waals surface area contributed by atoms with Crippen molar-refractivity contribution >= 4 is 27.5 Å². The van der Waals surface area contributed by atoms with Gasteiger partial charge in [-0.1, -0.05) is 18.5 Å². The summed E-state index contributed by atoms with van der Waals surface area (Å²) in [5, 5.41) is 3.27. The van der Waals surface area contributed by atoms with Gasteiger partial charge in [-0.2, -0.15) is 0 Å². The maximum absolute atomic E-state index is 12.1. The number of hydrogen-bond donors (Lipinski definition) is 2. The highest BCUT2D eigenvalue weighted by Crippen LogP contribution is 2.16. The minimum atomic E-state index is -3.58. The molecule has 1 amide bonds. The van der Waals surface area contributed by atoms with Crippen LogP contribution in [-0.2, 0) is 14.8 Å². The van der Waals surface area contributed by atoms with E-state index in [4.69, 9.17) is 11.6 Å². The molecule has 1 aliphatic rings. The van der Waals surface area contributed by atoms with Crippen molar-refractivity contribution in [3.63, 3.8) is 0 Å². The van der Waals surface area contributed by atoms with Crippen molar-refractivity contribution in [3.05, 3.63) is 29.3 Å². The van der Waals surface area contributed by atoms with Crippen LogP contribution >= 0.6 is 11.6 Å². The predicted molar refractivity (Wildman–Crippen MR) is 89.9 cm³/mol. The summed E-state index contributed by atoms with van der Waals surface area (Å²) >= 11 is 5.74. The number of nitrogens with one attached hydrogen (secondary N) is 2. The van der Waals surface area contributed by atoms with Crippen molar-refractivity contribution in [1.29, 1.82) is 0 Å². The van der Waals surface area contributed by atoms with Crippen LogP contribution in [0.4, 0.5) is 0 Å². The largest absolute Gasteiger partial charge is 0.353 e. The number of hydrogen-bond acceptors (Lipinski definition) is 4. The average Bonchev–Trinajstić information content (AvgIpc) is 3.00. The van der Waals surface area contributed by atoms with Gasteiger partial charge >= 0.3 is 0 Å². The fraction of sp³-hybridized carbons (Fsp3) is 0.533. The Bertz CT molecular complexity index is 634. The van der Waals surface area contributed by atoms with Gasteiger partial charge in [0, 0.05) is 18.1 Å². The Kier molecular flexibility index (Phi) is 6.41. The molecule has 23 heavy (non-hydrogen) atoms. The molecular weight excluding hydrogens is 338 g/mol. The molecular formula is C15H22ClN3O3S. The fourth-order valence-corrected chi connectivity index (χ4v) is 3.85. The van der Waals surface area contributed by atoms with Gasteiger partial charge in [0.25, 0.3) is 0 Å². The van der Waals surface area contributed by atoms with E-state index in [0.29, 0.717) is 5.02 Å². The molecule has 0 aromatic heterocycles. The fourth-order valence-electron chi connectivity index (χ4n) is 2.69. The van der Waals surface area contributed by atoms with Crippen LogP contribution in [0.25, 0.3) is 0 Å². The number of halogens is 1. The van der Waals surface area contributed by atoms with E-state index in [2.05, 4.69) is 14.9 Å². The van der Waals surface area contributed by atoms with E-state index in [-0.39, 0.29) is 29.9 Å². The quantitative estimate of drug-likeness (QED) is 0.717. The van der Waals surface area contributed by atoms with Crippen molar-refractivity contribution in [2.45, 2.75) is 30.7 Å². The van der Waals surface area contributed by atoms with E-state index in [1.165, 1.54) is 24.3 Å². The third-order valence-electron chi connectivity index (χ3n) is 3.91. The van der Waals surface area contributed by atoms with E-state index in [1.807, 2.05) is 6.92 Å². The lowest BCUT2D eigenvalue weighted by atomic mass is 10.2. The van der Waals surface area contributed by atoms with E-state index < -0.39 is 10.0 Å². The number of likely N-dealkylation sites (N-methyl/N-ethyl adjacent to an activating group) is 1. The van der Waals surface area contributed by atoms with Crippen molar-refractivity contribution in [1.82, 2.24) is 14.9 Å². The number of likely N-dealkylation sites (tertiary alicyclic amines) is 1. The lowest BCUT2D eigenvalue weighted by Gasteiger charge is -2.21. The molecule has 1 fully saturated rings. The summed E-state index contributed by atoms with van der Waals surface area (Å²) < 4.78 is 26.6. The first-order valence-corrected chi connectivity index (χ1v) is 9.57. The molecule has 1 saturated heterocycles. The molecule has 1 aliphatic heterocycles. The van der Waals surface area contributed by atoms with Crippen LogP contribution in [0, 0.1) is 0 Å². The summed E-state index contributed by atoms with van der Waals surface area (Å²) in [4.78, 5) is 14.4. The summed E-state index contributed by atoms with van der Waals surface area (Å²) in [6.45, 7) is 4.24. The summed E-state index contributed by atoms with van der Waals surface area (Å²) in [5.41, 5.74) is 0. The normalized spacial score (nSPS) is 19.0. The van der Waals surface area contributed by atoms with Gasteiger partial charge in [0.1, 0.15) is 0 Å². The Morgan fingerprint density at radius 2 is 2.00 bits per heavy atom. The van der Waals surface area contributed by atoms with Crippen LogP contribution in [0.5, 0.6) is 0 Å². The van der Waals surface area contributed by atoms with E-state index in [0.717, 1.165) is 25.9 Å². The minimum Gasteiger partial charge on any atom is -0.353 e. The second-order valence-electron chi connectivity index (χ2n) is 5.43. The van der Waals surface area contributed by atoms with Gasteiger partial charge < -0.3 is 5.32 Å². The Morgan fingerprint density at radius 3 is 2.65 bits per heavy atom. The van der Waals surface area contributed by atoms with Crippen LogP contribution in [0.3, 0.4) is 0 Å². The van der Waals surface area contributed by atoms with Gasteiger partial charge in [-0.05, 0) is 50.2 Å². The van der Waals surface area contributed by atoms with Gasteiger partial charge in [-0.25, -0.2) is 13.1 Å². The molecule has 1 atom stereocenters. The molecule has 0 radical (unpaired) electrons. The highest BCUT2D eigenvalue weighted by molar-refractivity contribution is 7.89. The molecule has 0 unspecified atom stereocenters. The number of benzene rings is 1. The Balaban J connectivity index is 1.78. The first kappa shape index (κ1) is 18.2. The highest BCUT2D eigenvalue weighted by atomic mass is 35.5. The van der Waals surface area contributed by atoms with E-state index in [9.17, 15) is 13.2 Å². The monoisotopic (exact) mass is 359 g/mol. The number of sulfonamides is 1. The van der Waals surface area contributed by atoms with Crippen LogP contribution in [0.1, 0.15) is 19.8 Å². The van der Waals surface area contributed by atoms with Gasteiger partial charge in [-0.15, -0.1) is 0 Å². The van der Waals surface area contributed by atoms with Gasteiger partial charge in [0.05, 0.1) is 10.9 Å². The molecule has 1 aromatic rings. The number of amides is 1. The average molecular weight is 360 g/mol. The summed E-state index contributed by atoms with van der Waals surface area (Å²) in [7, 11) is -3.58. The van der Waals surface area contributed by atoms with Crippen LogP contribution in [-0.4, -0.2) is 51.4 Å². The zero-order chi connectivity index (χ0) is 16.9. The van der Waals surface area contributed by atoms with Crippen LogP contribution in [0.15, 0.2) is 29.2 Å².